The van der Waals surface area contributed by atoms with E-state index >= 15 is 0 Å². The number of hydrogen-bond acceptors (Lipinski definition) is 3. The van der Waals surface area contributed by atoms with Crippen molar-refractivity contribution in [3.63, 3.8) is 0 Å². The fourth-order valence-electron chi connectivity index (χ4n) is 0.635. The van der Waals surface area contributed by atoms with Gasteiger partial charge in [0.1, 0.15) is 5.82 Å². The lowest BCUT2D eigenvalue weighted by atomic mass is 10.3. The average Bonchev–Trinajstić information content (AvgIpc) is 2.07. The van der Waals surface area contributed by atoms with Crippen LogP contribution in [0.5, 0.6) is 5.75 Å². The summed E-state index contributed by atoms with van der Waals surface area (Å²) < 4.78 is 12.8. The summed E-state index contributed by atoms with van der Waals surface area (Å²) in [5, 5.41) is -0.0184. The first-order valence-corrected chi connectivity index (χ1v) is 3.77. The van der Waals surface area contributed by atoms with Crippen molar-refractivity contribution in [2.24, 2.45) is 0 Å². The molecule has 0 atom stereocenters. The molecule has 3 nitrogen and oxygen atoms in total. The molecule has 13 heavy (non-hydrogen) atoms. The van der Waals surface area contributed by atoms with E-state index in [0.717, 1.165) is 6.07 Å². The minimum Gasteiger partial charge on any atom is -0.287 e. The van der Waals surface area contributed by atoms with Gasteiger partial charge in [0.2, 0.25) is 0 Å². The normalized spacial score (nSPS) is 9.46. The van der Waals surface area contributed by atoms with Crippen LogP contribution in [0.3, 0.4) is 0 Å². The molecule has 0 fully saturated rings. The highest BCUT2D eigenvalue weighted by Gasteiger charge is 2.03. The zero-order valence-corrected chi connectivity index (χ0v) is 7.47. The molecule has 70 valence electrons. The smallest absolute Gasteiger partial charge is 0.287 e. The van der Waals surface area contributed by atoms with Gasteiger partial charge in [-0.05, 0) is 12.1 Å². The molecule has 1 rings (SSSR count). The van der Waals surface area contributed by atoms with E-state index in [1.54, 1.807) is 0 Å². The summed E-state index contributed by atoms with van der Waals surface area (Å²) >= 11 is 5.41. The molecule has 0 radical (unpaired) electrons. The SMILES string of the molecule is CC(=O)OOc1ccc(Cl)c(F)c1. The third-order valence-corrected chi connectivity index (χ3v) is 1.45. The highest BCUT2D eigenvalue weighted by Crippen LogP contribution is 2.20. The Hall–Kier alpha value is -1.29. The molecule has 0 heterocycles. The molecule has 0 saturated heterocycles. The van der Waals surface area contributed by atoms with Crippen LogP contribution < -0.4 is 4.89 Å². The van der Waals surface area contributed by atoms with Crippen molar-refractivity contribution in [3.8, 4) is 5.75 Å². The second-order valence-electron chi connectivity index (χ2n) is 2.23. The summed E-state index contributed by atoms with van der Waals surface area (Å²) in [7, 11) is 0. The first-order chi connectivity index (χ1) is 6.09. The van der Waals surface area contributed by atoms with Crippen LogP contribution in [0.2, 0.25) is 5.02 Å². The van der Waals surface area contributed by atoms with E-state index in [2.05, 4.69) is 9.78 Å². The summed E-state index contributed by atoms with van der Waals surface area (Å²) in [5.74, 6) is -1.17. The summed E-state index contributed by atoms with van der Waals surface area (Å²) in [6.07, 6.45) is 0. The van der Waals surface area contributed by atoms with Crippen molar-refractivity contribution in [3.05, 3.63) is 29.0 Å². The Bertz CT molecular complexity index is 327. The first-order valence-electron chi connectivity index (χ1n) is 3.40. The van der Waals surface area contributed by atoms with Crippen LogP contribution in [0.4, 0.5) is 4.39 Å². The van der Waals surface area contributed by atoms with Gasteiger partial charge in [0.15, 0.2) is 5.75 Å². The maximum absolute atomic E-state index is 12.8. The Kier molecular flexibility index (Phi) is 3.08. The van der Waals surface area contributed by atoms with Crippen molar-refractivity contribution in [2.45, 2.75) is 6.92 Å². The highest BCUT2D eigenvalue weighted by molar-refractivity contribution is 6.30. The maximum atomic E-state index is 12.8. The maximum Gasteiger partial charge on any atom is 0.352 e. The van der Waals surface area contributed by atoms with Crippen molar-refractivity contribution in [2.75, 3.05) is 0 Å². The standard InChI is InChI=1S/C8H6ClFO3/c1-5(11)12-13-6-2-3-7(9)8(10)4-6/h2-4H,1H3. The second-order valence-corrected chi connectivity index (χ2v) is 2.64. The van der Waals surface area contributed by atoms with E-state index in [9.17, 15) is 9.18 Å². The molecule has 1 aromatic rings. The van der Waals surface area contributed by atoms with E-state index in [1.165, 1.54) is 19.1 Å². The van der Waals surface area contributed by atoms with Crippen LogP contribution >= 0.6 is 11.6 Å². The summed E-state index contributed by atoms with van der Waals surface area (Å²) in [4.78, 5) is 18.9. The molecule has 0 saturated carbocycles. The Morgan fingerprint density at radius 1 is 1.54 bits per heavy atom. The lowest BCUT2D eigenvalue weighted by molar-refractivity contribution is -0.210. The topological polar surface area (TPSA) is 35.5 Å². The Morgan fingerprint density at radius 2 is 2.23 bits per heavy atom. The van der Waals surface area contributed by atoms with Crippen LogP contribution in [0.1, 0.15) is 6.92 Å². The molecule has 1 aromatic carbocycles. The second kappa shape index (κ2) is 4.09. The van der Waals surface area contributed by atoms with Crippen LogP contribution in [0, 0.1) is 5.82 Å². The van der Waals surface area contributed by atoms with Crippen LogP contribution in [-0.4, -0.2) is 5.97 Å². The van der Waals surface area contributed by atoms with Gasteiger partial charge in [0.05, 0.1) is 5.02 Å². The van der Waals surface area contributed by atoms with Crippen molar-refractivity contribution >= 4 is 17.6 Å². The van der Waals surface area contributed by atoms with Crippen LogP contribution in [0.25, 0.3) is 0 Å². The summed E-state index contributed by atoms with van der Waals surface area (Å²) in [5.41, 5.74) is 0. The predicted octanol–water partition coefficient (Wildman–Crippen LogP) is 2.34. The quantitative estimate of drug-likeness (QED) is 0.548. The van der Waals surface area contributed by atoms with Gasteiger partial charge in [-0.1, -0.05) is 11.6 Å². The third-order valence-electron chi connectivity index (χ3n) is 1.15. The zero-order chi connectivity index (χ0) is 9.84. The van der Waals surface area contributed by atoms with Crippen molar-refractivity contribution in [1.82, 2.24) is 0 Å². The van der Waals surface area contributed by atoms with Crippen molar-refractivity contribution < 1.29 is 19.0 Å². The molecular weight excluding hydrogens is 199 g/mol. The highest BCUT2D eigenvalue weighted by atomic mass is 35.5. The van der Waals surface area contributed by atoms with Gasteiger partial charge in [-0.2, -0.15) is 0 Å². The minimum absolute atomic E-state index is 0.0184. The van der Waals surface area contributed by atoms with E-state index in [-0.39, 0.29) is 10.8 Å². The molecule has 0 aliphatic heterocycles. The fraction of sp³-hybridized carbons (Fsp3) is 0.125. The zero-order valence-electron chi connectivity index (χ0n) is 6.71. The van der Waals surface area contributed by atoms with Gasteiger partial charge >= 0.3 is 5.97 Å². The molecule has 0 aliphatic carbocycles. The lowest BCUT2D eigenvalue weighted by Crippen LogP contribution is -2.02. The van der Waals surface area contributed by atoms with Gasteiger partial charge in [-0.15, -0.1) is 0 Å². The van der Waals surface area contributed by atoms with Gasteiger partial charge in [0.25, 0.3) is 0 Å². The Morgan fingerprint density at radius 3 is 2.77 bits per heavy atom. The van der Waals surface area contributed by atoms with Gasteiger partial charge < -0.3 is 0 Å². The molecule has 0 spiro atoms. The Balaban J connectivity index is 2.68. The van der Waals surface area contributed by atoms with Crippen LogP contribution in [-0.2, 0) is 9.68 Å². The molecule has 0 unspecified atom stereocenters. The van der Waals surface area contributed by atoms with Gasteiger partial charge in [-0.3, -0.25) is 9.78 Å². The monoisotopic (exact) mass is 204 g/mol. The van der Waals surface area contributed by atoms with E-state index in [4.69, 9.17) is 11.6 Å². The van der Waals surface area contributed by atoms with Crippen LogP contribution in [0.15, 0.2) is 18.2 Å². The molecule has 0 aromatic heterocycles. The molecule has 0 bridgehead atoms. The number of halogens is 2. The Labute approximate surface area is 78.9 Å². The van der Waals surface area contributed by atoms with Crippen molar-refractivity contribution in [1.29, 1.82) is 0 Å². The average molecular weight is 205 g/mol. The number of hydrogen-bond donors (Lipinski definition) is 0. The molecular formula is C8H6ClFO3. The predicted molar refractivity (Wildman–Crippen MR) is 43.8 cm³/mol. The van der Waals surface area contributed by atoms with Gasteiger partial charge in [0, 0.05) is 13.0 Å². The van der Waals surface area contributed by atoms with Gasteiger partial charge in [-0.25, -0.2) is 9.18 Å². The van der Waals surface area contributed by atoms with E-state index < -0.39 is 11.8 Å². The summed E-state index contributed by atoms with van der Waals surface area (Å²) in [6.45, 7) is 1.17. The molecule has 5 heteroatoms. The number of carbonyl (C=O) groups is 1. The lowest BCUT2D eigenvalue weighted by Gasteiger charge is -2.02. The van der Waals surface area contributed by atoms with E-state index in [0.29, 0.717) is 0 Å². The number of benzene rings is 1. The number of rotatable bonds is 2. The third kappa shape index (κ3) is 2.91. The molecule has 0 amide bonds. The first kappa shape index (κ1) is 9.80. The fourth-order valence-corrected chi connectivity index (χ4v) is 0.753. The number of carbonyl (C=O) groups excluding carboxylic acids is 1. The summed E-state index contributed by atoms with van der Waals surface area (Å²) in [6, 6.07) is 3.70. The largest absolute Gasteiger partial charge is 0.352 e. The van der Waals surface area contributed by atoms with E-state index in [1.807, 2.05) is 0 Å². The molecule has 0 N–H and O–H groups in total. The molecule has 0 aliphatic rings. The minimum atomic E-state index is -0.633.